The van der Waals surface area contributed by atoms with Crippen LogP contribution in [0.25, 0.3) is 0 Å². The third kappa shape index (κ3) is 5.06. The summed E-state index contributed by atoms with van der Waals surface area (Å²) in [5.41, 5.74) is 0. The molecule has 1 N–H and O–H groups in total. The van der Waals surface area contributed by atoms with Gasteiger partial charge in [0, 0.05) is 0 Å². The molecule has 4 nitrogen and oxygen atoms in total. The first-order chi connectivity index (χ1) is 8.48. The Balaban J connectivity index is 2.40. The molecule has 1 rings (SSSR count). The highest BCUT2D eigenvalue weighted by molar-refractivity contribution is 7.91. The first-order valence-corrected chi connectivity index (χ1v) is 8.69. The average Bonchev–Trinajstić information content (AvgIpc) is 2.32. The number of carbonyl (C=O) groups excluding carboxylic acids is 1. The third-order valence-corrected chi connectivity index (χ3v) is 5.45. The van der Waals surface area contributed by atoms with E-state index < -0.39 is 9.84 Å². The van der Waals surface area contributed by atoms with E-state index >= 15 is 0 Å². The lowest BCUT2D eigenvalue weighted by atomic mass is 9.94. The SMILES string of the molecule is CCCC(C)CNC(C=O)C1CCS(=O)(=O)CC1. The van der Waals surface area contributed by atoms with Crippen LogP contribution in [0, 0.1) is 11.8 Å². The minimum Gasteiger partial charge on any atom is -0.307 e. The highest BCUT2D eigenvalue weighted by atomic mass is 32.2. The van der Waals surface area contributed by atoms with E-state index in [0.29, 0.717) is 18.8 Å². The third-order valence-electron chi connectivity index (χ3n) is 3.74. The summed E-state index contributed by atoms with van der Waals surface area (Å²) in [5.74, 6) is 1.20. The normalized spacial score (nSPS) is 23.4. The van der Waals surface area contributed by atoms with Gasteiger partial charge in [0.1, 0.15) is 16.1 Å². The van der Waals surface area contributed by atoms with Crippen LogP contribution >= 0.6 is 0 Å². The van der Waals surface area contributed by atoms with Crippen LogP contribution in [0.3, 0.4) is 0 Å². The zero-order valence-corrected chi connectivity index (χ0v) is 12.2. The van der Waals surface area contributed by atoms with E-state index in [2.05, 4.69) is 19.2 Å². The van der Waals surface area contributed by atoms with Gasteiger partial charge in [-0.25, -0.2) is 8.42 Å². The molecule has 1 aliphatic heterocycles. The molecule has 0 bridgehead atoms. The van der Waals surface area contributed by atoms with Crippen molar-refractivity contribution in [3.63, 3.8) is 0 Å². The van der Waals surface area contributed by atoms with Crippen LogP contribution in [0.2, 0.25) is 0 Å². The van der Waals surface area contributed by atoms with Gasteiger partial charge in [0.15, 0.2) is 0 Å². The van der Waals surface area contributed by atoms with Gasteiger partial charge >= 0.3 is 0 Å². The summed E-state index contributed by atoms with van der Waals surface area (Å²) in [6.07, 6.45) is 4.47. The number of aldehydes is 1. The number of hydrogen-bond acceptors (Lipinski definition) is 4. The average molecular weight is 275 g/mol. The second kappa shape index (κ2) is 7.24. The molecular formula is C13H25NO3S. The number of rotatable bonds is 7. The summed E-state index contributed by atoms with van der Waals surface area (Å²) in [7, 11) is -2.84. The first-order valence-electron chi connectivity index (χ1n) is 6.87. The molecule has 106 valence electrons. The molecule has 1 saturated heterocycles. The molecule has 2 atom stereocenters. The fourth-order valence-corrected chi connectivity index (χ4v) is 4.05. The number of carbonyl (C=O) groups is 1. The lowest BCUT2D eigenvalue weighted by molar-refractivity contribution is -0.110. The van der Waals surface area contributed by atoms with Crippen LogP contribution in [0.4, 0.5) is 0 Å². The molecule has 18 heavy (non-hydrogen) atoms. The van der Waals surface area contributed by atoms with Crippen LogP contribution in [0.5, 0.6) is 0 Å². The smallest absolute Gasteiger partial charge is 0.150 e. The van der Waals surface area contributed by atoms with Gasteiger partial charge in [-0.1, -0.05) is 20.3 Å². The second-order valence-corrected chi connectivity index (χ2v) is 7.76. The number of hydrogen-bond donors (Lipinski definition) is 1. The van der Waals surface area contributed by atoms with Crippen molar-refractivity contribution in [3.8, 4) is 0 Å². The molecular weight excluding hydrogens is 250 g/mol. The van der Waals surface area contributed by atoms with Crippen LogP contribution in [-0.4, -0.2) is 38.8 Å². The van der Waals surface area contributed by atoms with Crippen molar-refractivity contribution < 1.29 is 13.2 Å². The van der Waals surface area contributed by atoms with Gasteiger partial charge in [-0.15, -0.1) is 0 Å². The van der Waals surface area contributed by atoms with Crippen molar-refractivity contribution in [3.05, 3.63) is 0 Å². The summed E-state index contributed by atoms with van der Waals surface area (Å²) in [4.78, 5) is 11.1. The van der Waals surface area contributed by atoms with Crippen LogP contribution in [0.1, 0.15) is 39.5 Å². The van der Waals surface area contributed by atoms with E-state index in [-0.39, 0.29) is 23.5 Å². The Morgan fingerprint density at radius 2 is 1.94 bits per heavy atom. The molecule has 1 aliphatic rings. The van der Waals surface area contributed by atoms with Gasteiger partial charge in [-0.05, 0) is 37.6 Å². The molecule has 1 fully saturated rings. The van der Waals surface area contributed by atoms with Gasteiger partial charge in [0.05, 0.1) is 17.5 Å². The molecule has 5 heteroatoms. The lowest BCUT2D eigenvalue weighted by Crippen LogP contribution is -2.43. The molecule has 1 heterocycles. The summed E-state index contributed by atoms with van der Waals surface area (Å²) < 4.78 is 22.7. The Morgan fingerprint density at radius 3 is 2.44 bits per heavy atom. The molecule has 0 aliphatic carbocycles. The molecule has 0 aromatic carbocycles. The highest BCUT2D eigenvalue weighted by Crippen LogP contribution is 2.21. The largest absolute Gasteiger partial charge is 0.307 e. The maximum absolute atomic E-state index is 11.3. The van der Waals surface area contributed by atoms with E-state index in [1.54, 1.807) is 0 Å². The maximum Gasteiger partial charge on any atom is 0.150 e. The fourth-order valence-electron chi connectivity index (χ4n) is 2.53. The van der Waals surface area contributed by atoms with Crippen molar-refractivity contribution >= 4 is 16.1 Å². The number of sulfone groups is 1. The topological polar surface area (TPSA) is 63.2 Å². The molecule has 2 unspecified atom stereocenters. The Morgan fingerprint density at radius 1 is 1.33 bits per heavy atom. The Hall–Kier alpha value is -0.420. The van der Waals surface area contributed by atoms with Crippen molar-refractivity contribution in [2.75, 3.05) is 18.1 Å². The van der Waals surface area contributed by atoms with E-state index in [9.17, 15) is 13.2 Å². The van der Waals surface area contributed by atoms with Gasteiger partial charge in [-0.2, -0.15) is 0 Å². The van der Waals surface area contributed by atoms with Gasteiger partial charge in [0.25, 0.3) is 0 Å². The summed E-state index contributed by atoms with van der Waals surface area (Å²) >= 11 is 0. The van der Waals surface area contributed by atoms with E-state index in [0.717, 1.165) is 25.7 Å². The molecule has 0 saturated carbocycles. The van der Waals surface area contributed by atoms with E-state index in [1.165, 1.54) is 0 Å². The van der Waals surface area contributed by atoms with Crippen LogP contribution in [-0.2, 0) is 14.6 Å². The Kier molecular flexibility index (Phi) is 6.29. The van der Waals surface area contributed by atoms with Gasteiger partial charge < -0.3 is 10.1 Å². The maximum atomic E-state index is 11.3. The predicted molar refractivity (Wildman–Crippen MR) is 73.3 cm³/mol. The predicted octanol–water partition coefficient (Wildman–Crippen LogP) is 1.40. The van der Waals surface area contributed by atoms with Crippen molar-refractivity contribution in [1.82, 2.24) is 5.32 Å². The zero-order valence-electron chi connectivity index (χ0n) is 11.4. The molecule has 0 radical (unpaired) electrons. The van der Waals surface area contributed by atoms with E-state index in [1.807, 2.05) is 0 Å². The van der Waals surface area contributed by atoms with Crippen molar-refractivity contribution in [2.24, 2.45) is 11.8 Å². The summed E-state index contributed by atoms with van der Waals surface area (Å²) in [6.45, 7) is 5.16. The van der Waals surface area contributed by atoms with Crippen molar-refractivity contribution in [1.29, 1.82) is 0 Å². The summed E-state index contributed by atoms with van der Waals surface area (Å²) in [6, 6.07) is -0.181. The summed E-state index contributed by atoms with van der Waals surface area (Å²) in [5, 5.41) is 3.29. The number of nitrogens with one attached hydrogen (secondary N) is 1. The standard InChI is InChI=1S/C13H25NO3S/c1-3-4-11(2)9-14-13(10-15)12-5-7-18(16,17)8-6-12/h10-14H,3-9H2,1-2H3. The Bertz CT molecular complexity index is 339. The molecule has 0 spiro atoms. The quantitative estimate of drug-likeness (QED) is 0.713. The molecule has 0 aromatic rings. The molecule has 0 amide bonds. The minimum atomic E-state index is -2.84. The molecule has 0 aromatic heterocycles. The fraction of sp³-hybridized carbons (Fsp3) is 0.923. The highest BCUT2D eigenvalue weighted by Gasteiger charge is 2.29. The minimum absolute atomic E-state index is 0.180. The zero-order chi connectivity index (χ0) is 13.6. The Labute approximate surface area is 110 Å². The van der Waals surface area contributed by atoms with Crippen molar-refractivity contribution in [2.45, 2.75) is 45.6 Å². The monoisotopic (exact) mass is 275 g/mol. The second-order valence-electron chi connectivity index (χ2n) is 5.45. The van der Waals surface area contributed by atoms with Gasteiger partial charge in [-0.3, -0.25) is 0 Å². The first kappa shape index (κ1) is 15.6. The van der Waals surface area contributed by atoms with Crippen LogP contribution in [0.15, 0.2) is 0 Å². The van der Waals surface area contributed by atoms with Crippen LogP contribution < -0.4 is 5.32 Å². The van der Waals surface area contributed by atoms with E-state index in [4.69, 9.17) is 0 Å². The lowest BCUT2D eigenvalue weighted by Gasteiger charge is -2.28. The van der Waals surface area contributed by atoms with Gasteiger partial charge in [0.2, 0.25) is 0 Å².